The van der Waals surface area contributed by atoms with E-state index in [9.17, 15) is 4.79 Å². The number of aromatic carboxylic acids is 1. The highest BCUT2D eigenvalue weighted by atomic mass is 16.4. The van der Waals surface area contributed by atoms with Crippen LogP contribution in [0.3, 0.4) is 0 Å². The standard InChI is InChI=1S/C12H10N4O2/c1-15-10(11(17)18)7-16-6-9(14-12(15)16)8-2-4-13-5-3-8/h2-7H,1H3,(H,17,18). The molecule has 0 aliphatic carbocycles. The van der Waals surface area contributed by atoms with Gasteiger partial charge in [-0.25, -0.2) is 9.78 Å². The highest BCUT2D eigenvalue weighted by Gasteiger charge is 2.14. The van der Waals surface area contributed by atoms with Gasteiger partial charge < -0.3 is 9.67 Å². The maximum Gasteiger partial charge on any atom is 0.354 e. The minimum absolute atomic E-state index is 0.207. The Morgan fingerprint density at radius 1 is 1.28 bits per heavy atom. The molecule has 6 nitrogen and oxygen atoms in total. The molecule has 1 N–H and O–H groups in total. The minimum Gasteiger partial charge on any atom is -0.477 e. The molecule has 3 heterocycles. The second-order valence-electron chi connectivity index (χ2n) is 3.95. The monoisotopic (exact) mass is 242 g/mol. The second kappa shape index (κ2) is 3.69. The van der Waals surface area contributed by atoms with Gasteiger partial charge in [0.05, 0.1) is 5.69 Å². The Labute approximate surface area is 102 Å². The molecule has 0 amide bonds. The summed E-state index contributed by atoms with van der Waals surface area (Å²) < 4.78 is 3.26. The molecule has 90 valence electrons. The van der Waals surface area contributed by atoms with E-state index in [4.69, 9.17) is 5.11 Å². The summed E-state index contributed by atoms with van der Waals surface area (Å²) in [6.07, 6.45) is 6.75. The van der Waals surface area contributed by atoms with Crippen molar-refractivity contribution in [1.82, 2.24) is 18.9 Å². The van der Waals surface area contributed by atoms with Crippen LogP contribution in [-0.4, -0.2) is 30.0 Å². The van der Waals surface area contributed by atoms with E-state index in [0.717, 1.165) is 11.3 Å². The SMILES string of the molecule is Cn1c(C(=O)O)cn2cc(-c3ccncc3)nc12. The molecule has 0 aliphatic rings. The number of rotatable bonds is 2. The fourth-order valence-corrected chi connectivity index (χ4v) is 1.91. The largest absolute Gasteiger partial charge is 0.477 e. The van der Waals surface area contributed by atoms with Crippen LogP contribution in [-0.2, 0) is 7.05 Å². The molecule has 0 saturated heterocycles. The van der Waals surface area contributed by atoms with Crippen molar-refractivity contribution in [2.45, 2.75) is 0 Å². The number of aryl methyl sites for hydroxylation is 1. The minimum atomic E-state index is -0.964. The van der Waals surface area contributed by atoms with E-state index in [1.807, 2.05) is 12.1 Å². The third kappa shape index (κ3) is 1.46. The van der Waals surface area contributed by atoms with E-state index >= 15 is 0 Å². The van der Waals surface area contributed by atoms with Gasteiger partial charge in [-0.1, -0.05) is 0 Å². The van der Waals surface area contributed by atoms with Crippen LogP contribution in [0.2, 0.25) is 0 Å². The number of pyridine rings is 1. The van der Waals surface area contributed by atoms with E-state index in [0.29, 0.717) is 5.78 Å². The van der Waals surface area contributed by atoms with Gasteiger partial charge >= 0.3 is 5.97 Å². The van der Waals surface area contributed by atoms with Crippen molar-refractivity contribution in [3.05, 3.63) is 42.6 Å². The highest BCUT2D eigenvalue weighted by Crippen LogP contribution is 2.19. The van der Waals surface area contributed by atoms with E-state index in [2.05, 4.69) is 9.97 Å². The van der Waals surface area contributed by atoms with Crippen LogP contribution < -0.4 is 0 Å². The van der Waals surface area contributed by atoms with Crippen molar-refractivity contribution in [3.63, 3.8) is 0 Å². The lowest BCUT2D eigenvalue weighted by Gasteiger charge is -1.96. The lowest BCUT2D eigenvalue weighted by Crippen LogP contribution is -2.04. The van der Waals surface area contributed by atoms with Gasteiger partial charge in [-0.05, 0) is 12.1 Å². The van der Waals surface area contributed by atoms with Crippen molar-refractivity contribution in [2.24, 2.45) is 7.05 Å². The number of carbonyl (C=O) groups is 1. The van der Waals surface area contributed by atoms with Crippen LogP contribution in [0, 0.1) is 0 Å². The average Bonchev–Trinajstić information content (AvgIpc) is 2.91. The summed E-state index contributed by atoms with van der Waals surface area (Å²) in [4.78, 5) is 19.3. The van der Waals surface area contributed by atoms with Gasteiger partial charge in [-0.2, -0.15) is 0 Å². The Morgan fingerprint density at radius 2 is 2.00 bits per heavy atom. The maximum absolute atomic E-state index is 11.0. The predicted octanol–water partition coefficient (Wildman–Crippen LogP) is 1.43. The Bertz CT molecular complexity index is 727. The number of nitrogens with zero attached hydrogens (tertiary/aromatic N) is 4. The molecule has 0 spiro atoms. The van der Waals surface area contributed by atoms with Gasteiger partial charge in [-0.3, -0.25) is 9.38 Å². The average molecular weight is 242 g/mol. The fourth-order valence-electron chi connectivity index (χ4n) is 1.91. The topological polar surface area (TPSA) is 72.4 Å². The van der Waals surface area contributed by atoms with E-state index in [1.54, 1.807) is 40.8 Å². The first-order valence-corrected chi connectivity index (χ1v) is 5.35. The van der Waals surface area contributed by atoms with Crippen LogP contribution in [0.5, 0.6) is 0 Å². The van der Waals surface area contributed by atoms with Gasteiger partial charge in [0.15, 0.2) is 0 Å². The number of hydrogen-bond donors (Lipinski definition) is 1. The molecule has 3 rings (SSSR count). The molecule has 0 unspecified atom stereocenters. The van der Waals surface area contributed by atoms with Crippen molar-refractivity contribution in [1.29, 1.82) is 0 Å². The van der Waals surface area contributed by atoms with Crippen molar-refractivity contribution in [2.75, 3.05) is 0 Å². The molecular weight excluding hydrogens is 232 g/mol. The summed E-state index contributed by atoms with van der Waals surface area (Å²) in [5.41, 5.74) is 1.95. The van der Waals surface area contributed by atoms with Gasteiger partial charge in [0.2, 0.25) is 5.78 Å². The summed E-state index contributed by atoms with van der Waals surface area (Å²) in [5, 5.41) is 9.00. The summed E-state index contributed by atoms with van der Waals surface area (Å²) in [5.74, 6) is -0.368. The molecule has 0 radical (unpaired) electrons. The molecule has 0 bridgehead atoms. The lowest BCUT2D eigenvalue weighted by molar-refractivity contribution is 0.0687. The summed E-state index contributed by atoms with van der Waals surface area (Å²) in [6, 6.07) is 3.72. The van der Waals surface area contributed by atoms with Gasteiger partial charge in [-0.15, -0.1) is 0 Å². The van der Waals surface area contributed by atoms with Crippen LogP contribution in [0.1, 0.15) is 10.5 Å². The summed E-state index contributed by atoms with van der Waals surface area (Å²) >= 11 is 0. The first-order chi connectivity index (χ1) is 8.66. The molecule has 0 saturated carbocycles. The number of hydrogen-bond acceptors (Lipinski definition) is 3. The van der Waals surface area contributed by atoms with Gasteiger partial charge in [0.1, 0.15) is 5.69 Å². The van der Waals surface area contributed by atoms with Crippen molar-refractivity contribution in [3.8, 4) is 11.3 Å². The van der Waals surface area contributed by atoms with E-state index in [1.165, 1.54) is 0 Å². The van der Waals surface area contributed by atoms with Crippen molar-refractivity contribution < 1.29 is 9.90 Å². The van der Waals surface area contributed by atoms with Crippen LogP contribution in [0.4, 0.5) is 0 Å². The summed E-state index contributed by atoms with van der Waals surface area (Å²) in [6.45, 7) is 0. The smallest absolute Gasteiger partial charge is 0.354 e. The summed E-state index contributed by atoms with van der Waals surface area (Å²) in [7, 11) is 1.68. The first kappa shape index (κ1) is 10.5. The molecule has 0 fully saturated rings. The second-order valence-corrected chi connectivity index (χ2v) is 3.95. The van der Waals surface area contributed by atoms with Crippen molar-refractivity contribution >= 4 is 11.7 Å². The Balaban J connectivity index is 2.17. The molecule has 0 aromatic carbocycles. The molecule has 3 aromatic heterocycles. The highest BCUT2D eigenvalue weighted by molar-refractivity contribution is 5.86. The fraction of sp³-hybridized carbons (Fsp3) is 0.0833. The molecular formula is C12H10N4O2. The van der Waals surface area contributed by atoms with Gasteiger partial charge in [0.25, 0.3) is 0 Å². The zero-order valence-corrected chi connectivity index (χ0v) is 9.61. The molecule has 0 atom stereocenters. The number of carboxylic acids is 1. The van der Waals surface area contributed by atoms with E-state index < -0.39 is 5.97 Å². The number of carboxylic acid groups (broad SMARTS) is 1. The van der Waals surface area contributed by atoms with Crippen LogP contribution in [0.25, 0.3) is 17.0 Å². The van der Waals surface area contributed by atoms with Crippen LogP contribution >= 0.6 is 0 Å². The molecule has 0 aliphatic heterocycles. The Morgan fingerprint density at radius 3 is 2.61 bits per heavy atom. The molecule has 3 aromatic rings. The third-order valence-corrected chi connectivity index (χ3v) is 2.83. The predicted molar refractivity (Wildman–Crippen MR) is 64.4 cm³/mol. The first-order valence-electron chi connectivity index (χ1n) is 5.35. The Hall–Kier alpha value is -2.63. The zero-order valence-electron chi connectivity index (χ0n) is 9.61. The number of aromatic nitrogens is 4. The van der Waals surface area contributed by atoms with Gasteiger partial charge in [0, 0.05) is 37.4 Å². The molecule has 18 heavy (non-hydrogen) atoms. The Kier molecular flexibility index (Phi) is 2.16. The lowest BCUT2D eigenvalue weighted by atomic mass is 10.2. The van der Waals surface area contributed by atoms with Crippen LogP contribution in [0.15, 0.2) is 36.9 Å². The molecule has 6 heteroatoms. The van der Waals surface area contributed by atoms with E-state index in [-0.39, 0.29) is 5.69 Å². The maximum atomic E-state index is 11.0. The quantitative estimate of drug-likeness (QED) is 0.737. The third-order valence-electron chi connectivity index (χ3n) is 2.83. The zero-order chi connectivity index (χ0) is 12.7. The normalized spacial score (nSPS) is 10.9. The number of fused-ring (bicyclic) bond motifs is 1. The number of imidazole rings is 2.